The Balaban J connectivity index is 1.92. The van der Waals surface area contributed by atoms with Crippen molar-refractivity contribution in [2.24, 2.45) is 0 Å². The van der Waals surface area contributed by atoms with Crippen molar-refractivity contribution in [2.75, 3.05) is 0 Å². The van der Waals surface area contributed by atoms with Gasteiger partial charge in [-0.15, -0.1) is 0 Å². The summed E-state index contributed by atoms with van der Waals surface area (Å²) in [6.07, 6.45) is 3.49. The van der Waals surface area contributed by atoms with E-state index < -0.39 is 0 Å². The van der Waals surface area contributed by atoms with Gasteiger partial charge in [-0.3, -0.25) is 9.97 Å². The average Bonchev–Trinajstić information content (AvgIpc) is 2.42. The van der Waals surface area contributed by atoms with Crippen molar-refractivity contribution in [3.8, 4) is 6.07 Å². The summed E-state index contributed by atoms with van der Waals surface area (Å²) in [6, 6.07) is 7.34. The molecule has 0 amide bonds. The molecule has 1 heterocycles. The Morgan fingerprint density at radius 3 is 2.74 bits per heavy atom. The lowest BCUT2D eigenvalue weighted by atomic mass is 10.1. The minimum Gasteiger partial charge on any atom is -0.307 e. The summed E-state index contributed by atoms with van der Waals surface area (Å²) in [7, 11) is 0. The Bertz CT molecular complexity index is 602. The summed E-state index contributed by atoms with van der Waals surface area (Å²) in [6.45, 7) is 3.16. The molecule has 0 saturated heterocycles. The van der Waals surface area contributed by atoms with Gasteiger partial charge in [-0.05, 0) is 24.6 Å². The third-order valence-electron chi connectivity index (χ3n) is 2.64. The van der Waals surface area contributed by atoms with E-state index in [-0.39, 0.29) is 0 Å². The van der Waals surface area contributed by atoms with E-state index in [9.17, 15) is 0 Å². The normalized spacial score (nSPS) is 10.2. The highest BCUT2D eigenvalue weighted by molar-refractivity contribution is 6.31. The Hall–Kier alpha value is -1.96. The van der Waals surface area contributed by atoms with E-state index in [2.05, 4.69) is 21.4 Å². The zero-order chi connectivity index (χ0) is 13.7. The number of halogens is 1. The van der Waals surface area contributed by atoms with Crippen LogP contribution in [0.2, 0.25) is 5.02 Å². The Kier molecular flexibility index (Phi) is 4.45. The number of rotatable bonds is 4. The van der Waals surface area contributed by atoms with Gasteiger partial charge in [0.1, 0.15) is 0 Å². The first kappa shape index (κ1) is 13.5. The van der Waals surface area contributed by atoms with E-state index in [0.29, 0.717) is 23.7 Å². The number of nitriles is 1. The van der Waals surface area contributed by atoms with Gasteiger partial charge in [-0.2, -0.15) is 5.26 Å². The monoisotopic (exact) mass is 272 g/mol. The lowest BCUT2D eigenvalue weighted by Gasteiger charge is -2.06. The maximum Gasteiger partial charge on any atom is 0.0992 e. The van der Waals surface area contributed by atoms with Crippen LogP contribution in [0.1, 0.15) is 22.5 Å². The molecule has 0 unspecified atom stereocenters. The van der Waals surface area contributed by atoms with Gasteiger partial charge in [-0.25, -0.2) is 0 Å². The van der Waals surface area contributed by atoms with Gasteiger partial charge in [-0.1, -0.05) is 17.7 Å². The molecule has 0 fully saturated rings. The summed E-state index contributed by atoms with van der Waals surface area (Å²) < 4.78 is 0. The van der Waals surface area contributed by atoms with Crippen LogP contribution in [0.5, 0.6) is 0 Å². The third-order valence-corrected chi connectivity index (χ3v) is 2.99. The fraction of sp³-hybridized carbons (Fsp3) is 0.214. The molecule has 2 rings (SSSR count). The zero-order valence-corrected chi connectivity index (χ0v) is 11.3. The molecule has 4 nitrogen and oxygen atoms in total. The molecule has 0 saturated carbocycles. The first-order valence-electron chi connectivity index (χ1n) is 5.86. The SMILES string of the molecule is Cc1cnc(CNCc2ccc(C#N)cc2Cl)cn1. The second kappa shape index (κ2) is 6.28. The van der Waals surface area contributed by atoms with Gasteiger partial charge in [0, 0.05) is 30.5 Å². The average molecular weight is 273 g/mol. The van der Waals surface area contributed by atoms with Crippen molar-refractivity contribution in [1.82, 2.24) is 15.3 Å². The number of nitrogens with one attached hydrogen (secondary N) is 1. The first-order chi connectivity index (χ1) is 9.19. The number of nitrogens with zero attached hydrogens (tertiary/aromatic N) is 3. The molecule has 0 atom stereocenters. The van der Waals surface area contributed by atoms with E-state index in [1.807, 2.05) is 13.0 Å². The van der Waals surface area contributed by atoms with Crippen molar-refractivity contribution < 1.29 is 0 Å². The molecule has 5 heteroatoms. The van der Waals surface area contributed by atoms with Crippen LogP contribution < -0.4 is 5.32 Å². The van der Waals surface area contributed by atoms with E-state index >= 15 is 0 Å². The largest absolute Gasteiger partial charge is 0.307 e. The molecule has 0 aliphatic carbocycles. The van der Waals surface area contributed by atoms with Crippen LogP contribution in [-0.4, -0.2) is 9.97 Å². The highest BCUT2D eigenvalue weighted by Gasteiger charge is 2.02. The van der Waals surface area contributed by atoms with Gasteiger partial charge in [0.25, 0.3) is 0 Å². The summed E-state index contributed by atoms with van der Waals surface area (Å²) in [5.74, 6) is 0. The van der Waals surface area contributed by atoms with Gasteiger partial charge in [0.05, 0.1) is 23.0 Å². The predicted octanol–water partition coefficient (Wildman–Crippen LogP) is 2.60. The van der Waals surface area contributed by atoms with E-state index in [4.69, 9.17) is 16.9 Å². The molecule has 0 bridgehead atoms. The molecule has 0 aliphatic rings. The molecule has 1 aromatic carbocycles. The van der Waals surface area contributed by atoms with Crippen LogP contribution in [0.3, 0.4) is 0 Å². The quantitative estimate of drug-likeness (QED) is 0.929. The number of aryl methyl sites for hydroxylation is 1. The van der Waals surface area contributed by atoms with Crippen molar-refractivity contribution in [1.29, 1.82) is 5.26 Å². The molecule has 1 aromatic heterocycles. The minimum atomic E-state index is 0.568. The van der Waals surface area contributed by atoms with Crippen LogP contribution in [0.15, 0.2) is 30.6 Å². The number of hydrogen-bond acceptors (Lipinski definition) is 4. The van der Waals surface area contributed by atoms with Crippen molar-refractivity contribution >= 4 is 11.6 Å². The summed E-state index contributed by atoms with van der Waals surface area (Å²) in [5.41, 5.74) is 3.31. The number of hydrogen-bond donors (Lipinski definition) is 1. The molecular weight excluding hydrogens is 260 g/mol. The topological polar surface area (TPSA) is 61.6 Å². The highest BCUT2D eigenvalue weighted by Crippen LogP contribution is 2.17. The first-order valence-corrected chi connectivity index (χ1v) is 6.23. The van der Waals surface area contributed by atoms with Crippen LogP contribution >= 0.6 is 11.6 Å². The molecule has 0 aliphatic heterocycles. The second-order valence-electron chi connectivity index (χ2n) is 4.17. The number of benzene rings is 1. The molecule has 96 valence electrons. The van der Waals surface area contributed by atoms with Gasteiger partial charge >= 0.3 is 0 Å². The second-order valence-corrected chi connectivity index (χ2v) is 4.58. The van der Waals surface area contributed by atoms with Gasteiger partial charge in [0.15, 0.2) is 0 Å². The fourth-order valence-corrected chi connectivity index (χ4v) is 1.84. The lowest BCUT2D eigenvalue weighted by Crippen LogP contribution is -2.14. The van der Waals surface area contributed by atoms with E-state index in [0.717, 1.165) is 17.0 Å². The molecular formula is C14H13ClN4. The summed E-state index contributed by atoms with van der Waals surface area (Å²) >= 11 is 6.09. The van der Waals surface area contributed by atoms with E-state index in [1.54, 1.807) is 24.5 Å². The summed E-state index contributed by atoms with van der Waals surface area (Å²) in [5, 5.41) is 12.6. The van der Waals surface area contributed by atoms with Crippen molar-refractivity contribution in [2.45, 2.75) is 20.0 Å². The van der Waals surface area contributed by atoms with Crippen molar-refractivity contribution in [3.05, 3.63) is 58.1 Å². The van der Waals surface area contributed by atoms with Crippen LogP contribution in [0.4, 0.5) is 0 Å². The zero-order valence-electron chi connectivity index (χ0n) is 10.5. The third kappa shape index (κ3) is 3.75. The molecule has 19 heavy (non-hydrogen) atoms. The predicted molar refractivity (Wildman–Crippen MR) is 73.5 cm³/mol. The minimum absolute atomic E-state index is 0.568. The smallest absolute Gasteiger partial charge is 0.0992 e. The molecule has 1 N–H and O–H groups in total. The molecule has 0 spiro atoms. The van der Waals surface area contributed by atoms with Gasteiger partial charge < -0.3 is 5.32 Å². The Labute approximate surface area is 117 Å². The van der Waals surface area contributed by atoms with Crippen LogP contribution in [0, 0.1) is 18.3 Å². The maximum absolute atomic E-state index is 8.76. The number of aromatic nitrogens is 2. The fourth-order valence-electron chi connectivity index (χ4n) is 1.60. The van der Waals surface area contributed by atoms with Gasteiger partial charge in [0.2, 0.25) is 0 Å². The standard InChI is InChI=1S/C14H13ClN4/c1-10-6-19-13(9-18-10)8-17-7-12-3-2-11(5-16)4-14(12)15/h2-4,6,9,17H,7-8H2,1H3. The lowest BCUT2D eigenvalue weighted by molar-refractivity contribution is 0.676. The van der Waals surface area contributed by atoms with Crippen LogP contribution in [0.25, 0.3) is 0 Å². The molecule has 2 aromatic rings. The molecule has 0 radical (unpaired) electrons. The summed E-state index contributed by atoms with van der Waals surface area (Å²) in [4.78, 5) is 8.44. The highest BCUT2D eigenvalue weighted by atomic mass is 35.5. The Morgan fingerprint density at radius 2 is 2.11 bits per heavy atom. The van der Waals surface area contributed by atoms with E-state index in [1.165, 1.54) is 0 Å². The van der Waals surface area contributed by atoms with Crippen LogP contribution in [-0.2, 0) is 13.1 Å². The van der Waals surface area contributed by atoms with Crippen molar-refractivity contribution in [3.63, 3.8) is 0 Å². The Morgan fingerprint density at radius 1 is 1.26 bits per heavy atom. The maximum atomic E-state index is 8.76.